The lowest BCUT2D eigenvalue weighted by molar-refractivity contribution is -0.0423. The highest BCUT2D eigenvalue weighted by Gasteiger charge is 2.50. The van der Waals surface area contributed by atoms with Gasteiger partial charge in [0, 0.05) is 6.42 Å². The molecule has 0 bridgehead atoms. The van der Waals surface area contributed by atoms with Gasteiger partial charge >= 0.3 is 46.9 Å². The van der Waals surface area contributed by atoms with E-state index >= 15 is 0 Å². The van der Waals surface area contributed by atoms with Gasteiger partial charge in [-0.2, -0.15) is 26.5 Å². The van der Waals surface area contributed by atoms with Gasteiger partial charge in [-0.05, 0) is 6.42 Å². The standard InChI is InChI=1S/C14H27N5O22P6/c1-2-3-4-34-42(22,23)37-44(26,27)39-46(30,31)41-47(32,33)40-45(28,29)38-43(24,25)35-6-9-8(20)5-10(36-9)19-7-16-11-12(19)17-14(15)18-13(11)21/h7-10,20H,2-6H2,1H3,(H,22,23)(H,24,25)(H,26,27)(H,28,29)(H,30,31)(H,32,33)(H3,15,17,18,21)/t8-,9-,10-/m1/s1. The van der Waals surface area contributed by atoms with Crippen molar-refractivity contribution in [3.8, 4) is 0 Å². The summed E-state index contributed by atoms with van der Waals surface area (Å²) in [5.74, 6) is -0.271. The lowest BCUT2D eigenvalue weighted by Crippen LogP contribution is -2.26. The van der Waals surface area contributed by atoms with E-state index in [4.69, 9.17) is 10.5 Å². The Morgan fingerprint density at radius 2 is 1.38 bits per heavy atom. The van der Waals surface area contributed by atoms with E-state index < -0.39 is 84.1 Å². The fraction of sp³-hybridized carbons (Fsp3) is 0.643. The van der Waals surface area contributed by atoms with Gasteiger partial charge in [-0.1, -0.05) is 13.3 Å². The smallest absolute Gasteiger partial charge is 0.390 e. The molecule has 1 fully saturated rings. The molecule has 0 saturated carbocycles. The number of nitrogens with one attached hydrogen (secondary N) is 1. The minimum Gasteiger partial charge on any atom is -0.390 e. The molecule has 0 aromatic carbocycles. The SMILES string of the molecule is CCCCOP(=O)(O)OP(=O)(O)OP(=O)(O)OP(=O)(O)OP(=O)(O)OP(=O)(O)OC[C@H]1O[C@@H](n2cnc3c(=O)[nH]c(N)nc32)C[C@H]1O. The Labute approximate surface area is 261 Å². The number of nitrogen functional groups attached to an aromatic ring is 1. The summed E-state index contributed by atoms with van der Waals surface area (Å²) in [4.78, 5) is 79.3. The van der Waals surface area contributed by atoms with Crippen LogP contribution < -0.4 is 11.3 Å². The summed E-state index contributed by atoms with van der Waals surface area (Å²) in [5, 5.41) is 10.3. The van der Waals surface area contributed by atoms with Gasteiger partial charge in [-0.15, -0.1) is 0 Å². The molecule has 1 saturated heterocycles. The van der Waals surface area contributed by atoms with Crippen LogP contribution in [-0.4, -0.2) is 79.4 Å². The number of nitrogens with zero attached hydrogens (tertiary/aromatic N) is 3. The number of fused-ring (bicyclic) bond motifs is 1. The average molecular weight is 803 g/mol. The number of imidazole rings is 1. The van der Waals surface area contributed by atoms with Crippen molar-refractivity contribution in [1.29, 1.82) is 0 Å². The normalized spacial score (nSPS) is 26.4. The van der Waals surface area contributed by atoms with Crippen LogP contribution in [0.3, 0.4) is 0 Å². The molecule has 1 aliphatic heterocycles. The molecule has 0 amide bonds. The van der Waals surface area contributed by atoms with Gasteiger partial charge in [-0.25, -0.2) is 32.4 Å². The Kier molecular flexibility index (Phi) is 12.9. The predicted molar refractivity (Wildman–Crippen MR) is 148 cm³/mol. The first kappa shape index (κ1) is 40.4. The quantitative estimate of drug-likeness (QED) is 0.0745. The molecule has 0 radical (unpaired) electrons. The van der Waals surface area contributed by atoms with Gasteiger partial charge in [0.05, 0.1) is 25.6 Å². The third-order valence-corrected chi connectivity index (χ3v) is 14.4. The lowest BCUT2D eigenvalue weighted by Gasteiger charge is -2.21. The van der Waals surface area contributed by atoms with Crippen molar-refractivity contribution in [3.05, 3.63) is 16.7 Å². The first-order valence-corrected chi connectivity index (χ1v) is 21.2. The molecule has 33 heteroatoms. The maximum Gasteiger partial charge on any atom is 0.490 e. The number of ether oxygens (including phenoxy) is 1. The van der Waals surface area contributed by atoms with Gasteiger partial charge in [0.25, 0.3) is 5.56 Å². The predicted octanol–water partition coefficient (Wildman–Crippen LogP) is 0.869. The van der Waals surface area contributed by atoms with Gasteiger partial charge in [0.1, 0.15) is 12.3 Å². The Bertz CT molecular complexity index is 1800. The summed E-state index contributed by atoms with van der Waals surface area (Å²) in [6.45, 7) is 0.114. The Morgan fingerprint density at radius 3 is 1.89 bits per heavy atom. The minimum absolute atomic E-state index is 0.0489. The number of aromatic amines is 1. The molecule has 3 rings (SSSR count). The summed E-state index contributed by atoms with van der Waals surface area (Å²) in [6.07, 6.45) is -2.47. The largest absolute Gasteiger partial charge is 0.490 e. The Hall–Kier alpha value is -1.07. The first-order valence-electron chi connectivity index (χ1n) is 12.2. The van der Waals surface area contributed by atoms with E-state index in [0.29, 0.717) is 6.42 Å². The van der Waals surface area contributed by atoms with E-state index in [1.807, 2.05) is 0 Å². The third kappa shape index (κ3) is 12.3. The number of H-pyrrole nitrogens is 1. The van der Waals surface area contributed by atoms with E-state index in [1.54, 1.807) is 6.92 Å². The second kappa shape index (κ2) is 15.0. The number of nitrogens with two attached hydrogens (primary N) is 1. The van der Waals surface area contributed by atoms with Gasteiger partial charge in [-0.3, -0.25) is 23.4 Å². The van der Waals surface area contributed by atoms with Crippen molar-refractivity contribution in [2.75, 3.05) is 18.9 Å². The fourth-order valence-corrected chi connectivity index (χ4v) is 11.3. The lowest BCUT2D eigenvalue weighted by atomic mass is 10.2. The number of aliphatic hydroxyl groups excluding tert-OH is 1. The van der Waals surface area contributed by atoms with Crippen molar-refractivity contribution in [1.82, 2.24) is 19.5 Å². The molecule has 6 unspecified atom stereocenters. The summed E-state index contributed by atoms with van der Waals surface area (Å²) >= 11 is 0. The maximum atomic E-state index is 12.2. The highest BCUT2D eigenvalue weighted by Crippen LogP contribution is 2.75. The third-order valence-electron chi connectivity index (χ3n) is 5.15. The number of unbranched alkanes of at least 4 members (excludes halogenated alkanes) is 1. The van der Waals surface area contributed by atoms with Crippen LogP contribution in [0.5, 0.6) is 0 Å². The van der Waals surface area contributed by atoms with Crippen molar-refractivity contribution < 1.29 is 97.2 Å². The van der Waals surface area contributed by atoms with Gasteiger partial charge in [0.2, 0.25) is 5.95 Å². The molecule has 0 spiro atoms. The zero-order valence-electron chi connectivity index (χ0n) is 23.2. The average Bonchev–Trinajstić information content (AvgIpc) is 3.42. The first-order chi connectivity index (χ1) is 21.3. The monoisotopic (exact) mass is 803 g/mol. The van der Waals surface area contributed by atoms with Crippen LogP contribution in [-0.2, 0) is 62.7 Å². The fourth-order valence-electron chi connectivity index (χ4n) is 3.44. The van der Waals surface area contributed by atoms with Crippen LogP contribution in [0, 0.1) is 0 Å². The topological polar surface area (TPSA) is 407 Å². The van der Waals surface area contributed by atoms with E-state index in [9.17, 15) is 66.7 Å². The molecular formula is C14H27N5O22P6. The van der Waals surface area contributed by atoms with Crippen LogP contribution in [0.15, 0.2) is 11.1 Å². The molecule has 27 nitrogen and oxygen atoms in total. The molecule has 3 heterocycles. The minimum atomic E-state index is -6.42. The molecule has 2 aromatic rings. The van der Waals surface area contributed by atoms with Crippen LogP contribution >= 0.6 is 46.9 Å². The summed E-state index contributed by atoms with van der Waals surface area (Å²) < 4.78 is 105. The second-order valence-corrected chi connectivity index (χ2v) is 18.3. The number of hydrogen-bond donors (Lipinski definition) is 9. The molecule has 270 valence electrons. The molecule has 2 aromatic heterocycles. The molecule has 0 aliphatic carbocycles. The van der Waals surface area contributed by atoms with Crippen LogP contribution in [0.25, 0.3) is 11.2 Å². The summed E-state index contributed by atoms with van der Waals surface area (Å²) in [7, 11) is -36.4. The van der Waals surface area contributed by atoms with Gasteiger partial charge < -0.3 is 44.9 Å². The summed E-state index contributed by atoms with van der Waals surface area (Å²) in [5.41, 5.74) is 4.64. The highest BCUT2D eigenvalue weighted by atomic mass is 31.3. The van der Waals surface area contributed by atoms with Crippen molar-refractivity contribution in [2.45, 2.75) is 44.6 Å². The Morgan fingerprint density at radius 1 is 0.894 bits per heavy atom. The highest BCUT2D eigenvalue weighted by molar-refractivity contribution is 7.72. The zero-order valence-corrected chi connectivity index (χ0v) is 28.6. The second-order valence-electron chi connectivity index (χ2n) is 8.91. The van der Waals surface area contributed by atoms with Crippen LogP contribution in [0.2, 0.25) is 0 Å². The molecule has 47 heavy (non-hydrogen) atoms. The number of rotatable bonds is 18. The van der Waals surface area contributed by atoms with E-state index in [-0.39, 0.29) is 30.0 Å². The number of phosphoric ester groups is 2. The molecule has 1 aliphatic rings. The van der Waals surface area contributed by atoms with E-state index in [0.717, 1.165) is 6.33 Å². The molecule has 10 N–H and O–H groups in total. The van der Waals surface area contributed by atoms with E-state index in [1.165, 1.54) is 4.57 Å². The van der Waals surface area contributed by atoms with Crippen molar-refractivity contribution in [3.63, 3.8) is 0 Å². The number of aliphatic hydroxyl groups is 1. The summed E-state index contributed by atoms with van der Waals surface area (Å²) in [6, 6.07) is 0. The van der Waals surface area contributed by atoms with Crippen LogP contribution in [0.1, 0.15) is 32.4 Å². The molecular weight excluding hydrogens is 776 g/mol. The number of aromatic nitrogens is 4. The van der Waals surface area contributed by atoms with Crippen LogP contribution in [0.4, 0.5) is 5.95 Å². The number of anilines is 1. The Balaban J connectivity index is 1.57. The van der Waals surface area contributed by atoms with Gasteiger partial charge in [0.15, 0.2) is 11.2 Å². The number of hydrogen-bond acceptors (Lipinski definition) is 19. The van der Waals surface area contributed by atoms with Crippen molar-refractivity contribution in [2.24, 2.45) is 0 Å². The zero-order chi connectivity index (χ0) is 35.6. The maximum absolute atomic E-state index is 12.2. The molecule has 9 atom stereocenters. The van der Waals surface area contributed by atoms with E-state index in [2.05, 4.69) is 45.6 Å². The van der Waals surface area contributed by atoms with Crippen molar-refractivity contribution >= 4 is 64.0 Å². The number of phosphoric acid groups is 6.